The van der Waals surface area contributed by atoms with E-state index in [9.17, 15) is 4.79 Å². The van der Waals surface area contributed by atoms with Gasteiger partial charge in [-0.1, -0.05) is 11.6 Å². The summed E-state index contributed by atoms with van der Waals surface area (Å²) in [5.41, 5.74) is 0.146. The van der Waals surface area contributed by atoms with Crippen molar-refractivity contribution in [2.24, 2.45) is 0 Å². The van der Waals surface area contributed by atoms with Crippen molar-refractivity contribution in [2.45, 2.75) is 26.3 Å². The lowest BCUT2D eigenvalue weighted by molar-refractivity contribution is -0.0370. The van der Waals surface area contributed by atoms with Crippen molar-refractivity contribution < 1.29 is 9.53 Å². The van der Waals surface area contributed by atoms with Crippen molar-refractivity contribution in [3.8, 4) is 0 Å². The van der Waals surface area contributed by atoms with Crippen LogP contribution in [-0.4, -0.2) is 47.6 Å². The minimum Gasteiger partial charge on any atom is -0.377 e. The second-order valence-corrected chi connectivity index (χ2v) is 5.81. The lowest BCUT2D eigenvalue weighted by Crippen LogP contribution is -2.55. The van der Waals surface area contributed by atoms with E-state index in [1.54, 1.807) is 6.07 Å². The summed E-state index contributed by atoms with van der Waals surface area (Å²) in [4.78, 5) is 18.7. The first kappa shape index (κ1) is 15.1. The number of anilines is 1. The number of ether oxygens (including phenoxy) is 1. The van der Waals surface area contributed by atoms with Crippen molar-refractivity contribution in [1.29, 1.82) is 0 Å². The zero-order chi connectivity index (χ0) is 14.8. The van der Waals surface area contributed by atoms with Gasteiger partial charge in [0.2, 0.25) is 0 Å². The molecule has 1 amide bonds. The Balaban J connectivity index is 2.30. The van der Waals surface area contributed by atoms with Gasteiger partial charge in [-0.2, -0.15) is 0 Å². The van der Waals surface area contributed by atoms with Crippen LogP contribution in [0.15, 0.2) is 12.3 Å². The largest absolute Gasteiger partial charge is 0.377 e. The van der Waals surface area contributed by atoms with E-state index in [4.69, 9.17) is 16.3 Å². The minimum atomic E-state index is -0.333. The molecule has 0 saturated carbocycles. The summed E-state index contributed by atoms with van der Waals surface area (Å²) in [7, 11) is 0. The van der Waals surface area contributed by atoms with Gasteiger partial charge >= 0.3 is 0 Å². The zero-order valence-electron chi connectivity index (χ0n) is 12.1. The molecule has 2 rings (SSSR count). The predicted molar refractivity (Wildman–Crippen MR) is 79.3 cm³/mol. The third-order valence-electron chi connectivity index (χ3n) is 3.33. The van der Waals surface area contributed by atoms with E-state index >= 15 is 0 Å². The van der Waals surface area contributed by atoms with Gasteiger partial charge in [0.25, 0.3) is 5.91 Å². The minimum absolute atomic E-state index is 0.0788. The number of hydrogen-bond donors (Lipinski definition) is 1. The lowest BCUT2D eigenvalue weighted by Gasteiger charge is -2.42. The number of nitrogens with one attached hydrogen (secondary N) is 1. The number of rotatable bonds is 3. The van der Waals surface area contributed by atoms with Crippen molar-refractivity contribution in [3.63, 3.8) is 0 Å². The average Bonchev–Trinajstić information content (AvgIpc) is 2.40. The Morgan fingerprint density at radius 3 is 3.00 bits per heavy atom. The molecule has 0 atom stereocenters. The Labute approximate surface area is 124 Å². The van der Waals surface area contributed by atoms with Crippen molar-refractivity contribution in [2.75, 3.05) is 31.6 Å². The SMILES string of the molecule is CCNc1cc(C(=O)N2CCOCC2(C)C)c(Cl)cn1. The summed E-state index contributed by atoms with van der Waals surface area (Å²) in [6.07, 6.45) is 1.51. The van der Waals surface area contributed by atoms with Gasteiger partial charge in [-0.05, 0) is 26.8 Å². The summed E-state index contributed by atoms with van der Waals surface area (Å²) in [6.45, 7) is 8.35. The van der Waals surface area contributed by atoms with Crippen LogP contribution in [0.3, 0.4) is 0 Å². The first-order valence-electron chi connectivity index (χ1n) is 6.75. The van der Waals surface area contributed by atoms with Gasteiger partial charge < -0.3 is 15.0 Å². The topological polar surface area (TPSA) is 54.5 Å². The Bertz CT molecular complexity index is 505. The first-order valence-corrected chi connectivity index (χ1v) is 7.12. The number of hydrogen-bond acceptors (Lipinski definition) is 4. The van der Waals surface area contributed by atoms with E-state index in [2.05, 4.69) is 10.3 Å². The van der Waals surface area contributed by atoms with E-state index in [1.165, 1.54) is 6.20 Å². The Hall–Kier alpha value is -1.33. The highest BCUT2D eigenvalue weighted by Gasteiger charge is 2.35. The smallest absolute Gasteiger partial charge is 0.256 e. The molecule has 1 aliphatic heterocycles. The lowest BCUT2D eigenvalue weighted by atomic mass is 10.0. The van der Waals surface area contributed by atoms with Crippen molar-refractivity contribution >= 4 is 23.3 Å². The van der Waals surface area contributed by atoms with E-state index < -0.39 is 0 Å². The van der Waals surface area contributed by atoms with Crippen LogP contribution in [0.2, 0.25) is 5.02 Å². The summed E-state index contributed by atoms with van der Waals surface area (Å²) in [6, 6.07) is 1.71. The van der Waals surface area contributed by atoms with Crippen molar-refractivity contribution in [1.82, 2.24) is 9.88 Å². The van der Waals surface area contributed by atoms with E-state index in [1.807, 2.05) is 25.7 Å². The van der Waals surface area contributed by atoms with Crippen molar-refractivity contribution in [3.05, 3.63) is 22.8 Å². The summed E-state index contributed by atoms with van der Waals surface area (Å²) in [5.74, 6) is 0.580. The van der Waals surface area contributed by atoms with E-state index in [0.29, 0.717) is 36.2 Å². The number of aromatic nitrogens is 1. The fraction of sp³-hybridized carbons (Fsp3) is 0.571. The van der Waals surface area contributed by atoms with E-state index in [0.717, 1.165) is 6.54 Å². The molecule has 0 aromatic carbocycles. The van der Waals surface area contributed by atoms with Gasteiger partial charge in [0.1, 0.15) is 5.82 Å². The molecule has 110 valence electrons. The van der Waals surface area contributed by atoms with Gasteiger partial charge in [0.05, 0.1) is 29.3 Å². The van der Waals surface area contributed by atoms with Crippen LogP contribution in [0, 0.1) is 0 Å². The third kappa shape index (κ3) is 3.04. The van der Waals surface area contributed by atoms with Gasteiger partial charge in [0, 0.05) is 19.3 Å². The molecule has 20 heavy (non-hydrogen) atoms. The fourth-order valence-corrected chi connectivity index (χ4v) is 2.44. The first-order chi connectivity index (χ1) is 9.45. The number of amides is 1. The summed E-state index contributed by atoms with van der Waals surface area (Å²) < 4.78 is 5.44. The molecule has 1 saturated heterocycles. The highest BCUT2D eigenvalue weighted by Crippen LogP contribution is 2.26. The molecule has 5 nitrogen and oxygen atoms in total. The average molecular weight is 298 g/mol. The molecule has 1 aliphatic rings. The molecule has 1 N–H and O–H groups in total. The molecule has 0 unspecified atom stereocenters. The monoisotopic (exact) mass is 297 g/mol. The molecular formula is C14H20ClN3O2. The maximum absolute atomic E-state index is 12.7. The highest BCUT2D eigenvalue weighted by atomic mass is 35.5. The number of carbonyl (C=O) groups excluding carboxylic acids is 1. The van der Waals surface area contributed by atoms with Crippen LogP contribution < -0.4 is 5.32 Å². The maximum Gasteiger partial charge on any atom is 0.256 e. The van der Waals surface area contributed by atoms with Gasteiger partial charge in [-0.25, -0.2) is 4.98 Å². The molecule has 0 bridgehead atoms. The Kier molecular flexibility index (Phi) is 4.50. The normalized spacial score (nSPS) is 17.9. The standard InChI is InChI=1S/C14H20ClN3O2/c1-4-16-12-7-10(11(15)8-17-12)13(19)18-5-6-20-9-14(18,2)3/h7-8H,4-6,9H2,1-3H3,(H,16,17). The molecule has 1 fully saturated rings. The quantitative estimate of drug-likeness (QED) is 0.931. The van der Waals surface area contributed by atoms with Gasteiger partial charge in [-0.3, -0.25) is 4.79 Å². The van der Waals surface area contributed by atoms with Crippen LogP contribution in [-0.2, 0) is 4.74 Å². The fourth-order valence-electron chi connectivity index (χ4n) is 2.26. The third-order valence-corrected chi connectivity index (χ3v) is 3.64. The second-order valence-electron chi connectivity index (χ2n) is 5.40. The Morgan fingerprint density at radius 2 is 2.35 bits per heavy atom. The predicted octanol–water partition coefficient (Wildman–Crippen LogP) is 2.42. The Morgan fingerprint density at radius 1 is 1.60 bits per heavy atom. The van der Waals surface area contributed by atoms with Crippen LogP contribution in [0.25, 0.3) is 0 Å². The van der Waals surface area contributed by atoms with E-state index in [-0.39, 0.29) is 11.4 Å². The molecule has 0 radical (unpaired) electrons. The summed E-state index contributed by atoms with van der Waals surface area (Å²) in [5, 5.41) is 3.46. The second kappa shape index (κ2) is 5.97. The zero-order valence-corrected chi connectivity index (χ0v) is 12.8. The number of halogens is 1. The maximum atomic E-state index is 12.7. The van der Waals surface area contributed by atoms with Crippen LogP contribution in [0.4, 0.5) is 5.82 Å². The van der Waals surface area contributed by atoms with Crippen LogP contribution in [0.5, 0.6) is 0 Å². The molecule has 0 spiro atoms. The van der Waals surface area contributed by atoms with Gasteiger partial charge in [-0.15, -0.1) is 0 Å². The molecule has 0 aliphatic carbocycles. The van der Waals surface area contributed by atoms with Crippen LogP contribution >= 0.6 is 11.6 Å². The number of nitrogens with zero attached hydrogens (tertiary/aromatic N) is 2. The van der Waals surface area contributed by atoms with Crippen LogP contribution in [0.1, 0.15) is 31.1 Å². The molecular weight excluding hydrogens is 278 g/mol. The number of morpholine rings is 1. The van der Waals surface area contributed by atoms with Gasteiger partial charge in [0.15, 0.2) is 0 Å². The molecule has 1 aromatic rings. The molecule has 2 heterocycles. The highest BCUT2D eigenvalue weighted by molar-refractivity contribution is 6.33. The molecule has 1 aromatic heterocycles. The molecule has 6 heteroatoms. The summed E-state index contributed by atoms with van der Waals surface area (Å²) >= 11 is 6.13. The number of pyridine rings is 1. The number of carbonyl (C=O) groups is 1.